The molecule has 0 fully saturated rings. The summed E-state index contributed by atoms with van der Waals surface area (Å²) in [6, 6.07) is 5.72. The van der Waals surface area contributed by atoms with Gasteiger partial charge in [0, 0.05) is 12.4 Å². The van der Waals surface area contributed by atoms with Crippen LogP contribution in [0.3, 0.4) is 0 Å². The fraction of sp³-hybridized carbons (Fsp3) is 0.222. The summed E-state index contributed by atoms with van der Waals surface area (Å²) >= 11 is 0. The summed E-state index contributed by atoms with van der Waals surface area (Å²) < 4.78 is 104. The molecule has 0 unspecified atom stereocenters. The molecule has 0 atom stereocenters. The molecule has 0 aliphatic carbocycles. The molecule has 0 aromatic carbocycles. The van der Waals surface area contributed by atoms with Crippen LogP contribution in [0.15, 0.2) is 30.6 Å². The van der Waals surface area contributed by atoms with Crippen LogP contribution in [0, 0.1) is 12.9 Å². The predicted octanol–water partition coefficient (Wildman–Crippen LogP) is 5.03. The van der Waals surface area contributed by atoms with Gasteiger partial charge in [-0.15, -0.1) is 0 Å². The summed E-state index contributed by atoms with van der Waals surface area (Å²) in [5.41, 5.74) is 0. The number of hydrogen-bond donors (Lipinski definition) is 0. The standard InChI is InChI=1S/C5H5N.2C2F5.Cd/c1-2-4-6-5-3-1;2*3-1(4)2(5,6)7;/h1-5H;;;/q;2*-1;+2. The summed E-state index contributed by atoms with van der Waals surface area (Å²) in [5.74, 6) is 0. The smallest absolute Gasteiger partial charge is 0.412 e. The molecule has 118 valence electrons. The molecule has 0 aliphatic heterocycles. The van der Waals surface area contributed by atoms with E-state index in [-0.39, 0.29) is 27.3 Å². The van der Waals surface area contributed by atoms with E-state index in [1.807, 2.05) is 18.2 Å². The number of pyridine rings is 1. The number of aromatic nitrogens is 1. The largest absolute Gasteiger partial charge is 2.00 e. The number of nitrogens with zero attached hydrogens (tertiary/aromatic N) is 1. The summed E-state index contributed by atoms with van der Waals surface area (Å²) in [4.78, 5) is 3.78. The van der Waals surface area contributed by atoms with Gasteiger partial charge in [0.25, 0.3) is 0 Å². The van der Waals surface area contributed by atoms with Crippen LogP contribution >= 0.6 is 0 Å². The third kappa shape index (κ3) is 19.4. The topological polar surface area (TPSA) is 12.9 Å². The molecule has 0 saturated heterocycles. The summed E-state index contributed by atoms with van der Waals surface area (Å²) in [5, 5.41) is 0. The molecule has 12 heteroatoms. The van der Waals surface area contributed by atoms with Crippen molar-refractivity contribution in [3.63, 3.8) is 0 Å². The van der Waals surface area contributed by atoms with Gasteiger partial charge in [0.2, 0.25) is 0 Å². The van der Waals surface area contributed by atoms with E-state index in [1.54, 1.807) is 12.4 Å². The molecular formula is C9H5CdF10N. The van der Waals surface area contributed by atoms with Gasteiger partial charge in [-0.1, -0.05) is 6.07 Å². The monoisotopic (exact) mass is 431 g/mol. The molecule has 21 heavy (non-hydrogen) atoms. The Morgan fingerprint density at radius 1 is 0.619 bits per heavy atom. The summed E-state index contributed by atoms with van der Waals surface area (Å²) in [7, 11) is 0. The van der Waals surface area contributed by atoms with Crippen molar-refractivity contribution in [3.05, 3.63) is 43.4 Å². The van der Waals surface area contributed by atoms with Gasteiger partial charge in [0.15, 0.2) is 0 Å². The van der Waals surface area contributed by atoms with E-state index < -0.39 is 25.2 Å². The third-order valence-corrected chi connectivity index (χ3v) is 0.995. The van der Waals surface area contributed by atoms with E-state index in [4.69, 9.17) is 0 Å². The molecule has 0 amide bonds. The van der Waals surface area contributed by atoms with Crippen LogP contribution in [0.4, 0.5) is 43.9 Å². The van der Waals surface area contributed by atoms with Crippen LogP contribution in [0.1, 0.15) is 0 Å². The first kappa shape index (κ1) is 25.3. The number of hydrogen-bond acceptors (Lipinski definition) is 1. The Labute approximate surface area is 132 Å². The Kier molecular flexibility index (Phi) is 14.4. The normalized spacial score (nSPS) is 10.9. The molecule has 1 rings (SSSR count). The third-order valence-electron chi connectivity index (χ3n) is 0.995. The number of rotatable bonds is 0. The maximum Gasteiger partial charge on any atom is 2.00 e. The van der Waals surface area contributed by atoms with E-state index in [2.05, 4.69) is 4.98 Å². The van der Waals surface area contributed by atoms with Gasteiger partial charge in [-0.25, -0.2) is 26.3 Å². The first-order valence-electron chi connectivity index (χ1n) is 4.24. The Bertz CT molecular complexity index is 279. The van der Waals surface area contributed by atoms with Crippen LogP contribution in [-0.2, 0) is 27.3 Å². The van der Waals surface area contributed by atoms with Gasteiger partial charge in [0.05, 0.1) is 0 Å². The number of halogens is 10. The Morgan fingerprint density at radius 2 is 0.857 bits per heavy atom. The second-order valence-corrected chi connectivity index (χ2v) is 2.54. The average Bonchev–Trinajstić information content (AvgIpc) is 2.30. The van der Waals surface area contributed by atoms with Crippen molar-refractivity contribution in [2.45, 2.75) is 12.4 Å². The van der Waals surface area contributed by atoms with Gasteiger partial charge in [-0.2, -0.15) is 0 Å². The van der Waals surface area contributed by atoms with Crippen LogP contribution in [0.2, 0.25) is 0 Å². The summed E-state index contributed by atoms with van der Waals surface area (Å²) in [6.07, 6.45) is -14.3. The van der Waals surface area contributed by atoms with E-state index in [0.717, 1.165) is 0 Å². The van der Waals surface area contributed by atoms with Gasteiger partial charge in [0.1, 0.15) is 12.9 Å². The minimum absolute atomic E-state index is 0. The zero-order chi connectivity index (χ0) is 16.4. The first-order valence-corrected chi connectivity index (χ1v) is 4.24. The fourth-order valence-corrected chi connectivity index (χ4v) is 0.313. The van der Waals surface area contributed by atoms with Crippen LogP contribution in [-0.4, -0.2) is 17.3 Å². The van der Waals surface area contributed by atoms with E-state index >= 15 is 0 Å². The Morgan fingerprint density at radius 3 is 0.905 bits per heavy atom. The van der Waals surface area contributed by atoms with Gasteiger partial charge >= 0.3 is 39.7 Å². The molecule has 0 saturated carbocycles. The quantitative estimate of drug-likeness (QED) is 0.320. The van der Waals surface area contributed by atoms with Crippen molar-refractivity contribution in [1.29, 1.82) is 0 Å². The molecule has 0 N–H and O–H groups in total. The minimum atomic E-state index is -5.42. The minimum Gasteiger partial charge on any atom is -0.412 e. The molecule has 1 aromatic heterocycles. The average molecular weight is 430 g/mol. The second-order valence-electron chi connectivity index (χ2n) is 2.54. The van der Waals surface area contributed by atoms with Crippen molar-refractivity contribution in [3.8, 4) is 0 Å². The van der Waals surface area contributed by atoms with E-state index in [1.165, 1.54) is 0 Å². The van der Waals surface area contributed by atoms with Gasteiger partial charge < -0.3 is 17.6 Å². The molecule has 1 aromatic rings. The molecule has 0 spiro atoms. The molecule has 0 aliphatic rings. The van der Waals surface area contributed by atoms with Crippen molar-refractivity contribution in [2.24, 2.45) is 0 Å². The van der Waals surface area contributed by atoms with Crippen LogP contribution in [0.25, 0.3) is 0 Å². The van der Waals surface area contributed by atoms with Crippen molar-refractivity contribution in [2.75, 3.05) is 0 Å². The fourth-order valence-electron chi connectivity index (χ4n) is 0.313. The SMILES string of the molecule is F[C-](F)C(F)(F)F.F[C-](F)C(F)(F)F.[Cd+2].c1ccncc1. The molecular weight excluding hydrogens is 424 g/mol. The van der Waals surface area contributed by atoms with Crippen molar-refractivity contribution in [1.82, 2.24) is 4.98 Å². The van der Waals surface area contributed by atoms with Crippen molar-refractivity contribution >= 4 is 0 Å². The number of alkyl halides is 6. The molecule has 0 radical (unpaired) electrons. The van der Waals surface area contributed by atoms with Crippen LogP contribution < -0.4 is 0 Å². The van der Waals surface area contributed by atoms with Crippen LogP contribution in [0.5, 0.6) is 0 Å². The maximum absolute atomic E-state index is 10.4. The zero-order valence-electron chi connectivity index (χ0n) is 9.82. The van der Waals surface area contributed by atoms with Gasteiger partial charge in [-0.3, -0.25) is 4.98 Å². The molecule has 1 nitrogen and oxygen atoms in total. The predicted molar refractivity (Wildman–Crippen MR) is 47.3 cm³/mol. The van der Waals surface area contributed by atoms with Gasteiger partial charge in [-0.05, 0) is 12.1 Å². The zero-order valence-corrected chi connectivity index (χ0v) is 13.9. The van der Waals surface area contributed by atoms with Crippen molar-refractivity contribution < 1.29 is 71.2 Å². The second kappa shape index (κ2) is 12.0. The van der Waals surface area contributed by atoms with E-state index in [0.29, 0.717) is 0 Å². The molecule has 0 bridgehead atoms. The molecule has 1 heterocycles. The maximum atomic E-state index is 10.4. The first-order chi connectivity index (χ1) is 8.89. The van der Waals surface area contributed by atoms with E-state index in [9.17, 15) is 43.9 Å². The Balaban J connectivity index is -0.000000226. The Hall–Kier alpha value is -0.628. The summed E-state index contributed by atoms with van der Waals surface area (Å²) in [6.45, 7) is 0.